The molecular weight excluding hydrogens is 351 g/mol. The Kier molecular flexibility index (Phi) is 4.82. The highest BCUT2D eigenvalue weighted by Crippen LogP contribution is 2.27. The molecule has 0 spiro atoms. The van der Waals surface area contributed by atoms with Gasteiger partial charge in [0.1, 0.15) is 10.8 Å². The maximum Gasteiger partial charge on any atom is 0.276 e. The molecule has 122 valence electrons. The zero-order valence-corrected chi connectivity index (χ0v) is 14.2. The number of aryl methyl sites for hydroxylation is 1. The molecule has 5 nitrogen and oxygen atoms in total. The Labute approximate surface area is 146 Å². The highest BCUT2D eigenvalue weighted by atomic mass is 35.5. The lowest BCUT2D eigenvalue weighted by molar-refractivity contribution is 0.102. The fourth-order valence-corrected chi connectivity index (χ4v) is 3.36. The van der Waals surface area contributed by atoms with Crippen LogP contribution in [0.15, 0.2) is 36.5 Å². The lowest BCUT2D eigenvalue weighted by atomic mass is 10.1. The van der Waals surface area contributed by atoms with Gasteiger partial charge in [-0.25, -0.2) is 9.37 Å². The fraction of sp³-hybridized carbons (Fsp3) is 0.125. The van der Waals surface area contributed by atoms with E-state index in [1.165, 1.54) is 29.7 Å². The van der Waals surface area contributed by atoms with Gasteiger partial charge in [-0.2, -0.15) is 5.10 Å². The van der Waals surface area contributed by atoms with E-state index in [4.69, 9.17) is 11.6 Å². The second kappa shape index (κ2) is 7.02. The molecule has 0 aliphatic rings. The number of nitrogens with zero attached hydrogens (tertiary/aromatic N) is 3. The predicted molar refractivity (Wildman–Crippen MR) is 91.1 cm³/mol. The predicted octanol–water partition coefficient (Wildman–Crippen LogP) is 3.88. The van der Waals surface area contributed by atoms with Gasteiger partial charge in [-0.3, -0.25) is 4.79 Å². The first-order chi connectivity index (χ1) is 11.5. The summed E-state index contributed by atoms with van der Waals surface area (Å²) in [7, 11) is 0. The van der Waals surface area contributed by atoms with Crippen molar-refractivity contribution in [1.82, 2.24) is 15.2 Å². The van der Waals surface area contributed by atoms with E-state index in [1.807, 2.05) is 0 Å². The topological polar surface area (TPSA) is 67.8 Å². The van der Waals surface area contributed by atoms with E-state index in [1.54, 1.807) is 25.1 Å². The fourth-order valence-electron chi connectivity index (χ4n) is 2.12. The lowest BCUT2D eigenvalue weighted by Gasteiger charge is -2.01. The number of amides is 1. The van der Waals surface area contributed by atoms with Crippen LogP contribution >= 0.6 is 22.9 Å². The van der Waals surface area contributed by atoms with Crippen LogP contribution in [0.25, 0.3) is 0 Å². The summed E-state index contributed by atoms with van der Waals surface area (Å²) in [4.78, 5) is 16.5. The van der Waals surface area contributed by atoms with Crippen molar-refractivity contribution >= 4 is 33.8 Å². The smallest absolute Gasteiger partial charge is 0.276 e. The number of halogens is 2. The quantitative estimate of drug-likeness (QED) is 0.764. The van der Waals surface area contributed by atoms with Crippen LogP contribution in [0.5, 0.6) is 0 Å². The third-order valence-corrected chi connectivity index (χ3v) is 4.44. The van der Waals surface area contributed by atoms with Crippen molar-refractivity contribution < 1.29 is 9.18 Å². The third-order valence-electron chi connectivity index (χ3n) is 3.15. The van der Waals surface area contributed by atoms with Gasteiger partial charge in [0.05, 0.1) is 10.7 Å². The van der Waals surface area contributed by atoms with Gasteiger partial charge in [-0.15, -0.1) is 16.4 Å². The minimum Gasteiger partial charge on any atom is -0.311 e. The molecule has 1 amide bonds. The van der Waals surface area contributed by atoms with Crippen molar-refractivity contribution in [2.24, 2.45) is 0 Å². The van der Waals surface area contributed by atoms with E-state index < -0.39 is 0 Å². The van der Waals surface area contributed by atoms with Crippen molar-refractivity contribution in [1.29, 1.82) is 0 Å². The summed E-state index contributed by atoms with van der Waals surface area (Å²) in [5.41, 5.74) is 1.64. The molecule has 0 saturated carbocycles. The van der Waals surface area contributed by atoms with Crippen molar-refractivity contribution in [3.8, 4) is 0 Å². The number of carbonyl (C=O) groups is 1. The Morgan fingerprint density at radius 2 is 2.21 bits per heavy atom. The molecule has 3 rings (SSSR count). The standard InChI is InChI=1S/C16H12ClFN4OS/c1-9-16(21-15(23)13-3-2-4-19-22-13)24-14(20-9)7-10-5-11(17)8-12(18)6-10/h2-6,8H,7H2,1H3,(H,21,23). The number of rotatable bonds is 4. The molecule has 8 heteroatoms. The average molecular weight is 363 g/mol. The van der Waals surface area contributed by atoms with Crippen molar-refractivity contribution in [2.75, 3.05) is 5.32 Å². The molecule has 2 heterocycles. The largest absolute Gasteiger partial charge is 0.311 e. The van der Waals surface area contributed by atoms with E-state index in [2.05, 4.69) is 20.5 Å². The Morgan fingerprint density at radius 1 is 1.38 bits per heavy atom. The summed E-state index contributed by atoms with van der Waals surface area (Å²) in [6, 6.07) is 7.58. The summed E-state index contributed by atoms with van der Waals surface area (Å²) in [5.74, 6) is -0.739. The number of carbonyl (C=O) groups excluding carboxylic acids is 1. The first-order valence-corrected chi connectivity index (χ1v) is 8.21. The summed E-state index contributed by atoms with van der Waals surface area (Å²) in [5, 5.41) is 11.9. The summed E-state index contributed by atoms with van der Waals surface area (Å²) >= 11 is 7.19. The highest BCUT2D eigenvalue weighted by Gasteiger charge is 2.14. The zero-order valence-electron chi connectivity index (χ0n) is 12.6. The lowest BCUT2D eigenvalue weighted by Crippen LogP contribution is -2.13. The molecule has 1 N–H and O–H groups in total. The van der Waals surface area contributed by atoms with Gasteiger partial charge >= 0.3 is 0 Å². The van der Waals surface area contributed by atoms with Crippen LogP contribution in [0.3, 0.4) is 0 Å². The van der Waals surface area contributed by atoms with Crippen LogP contribution in [0.1, 0.15) is 26.8 Å². The van der Waals surface area contributed by atoms with Gasteiger partial charge in [0, 0.05) is 17.6 Å². The summed E-state index contributed by atoms with van der Waals surface area (Å²) in [6.45, 7) is 1.80. The molecule has 0 aliphatic carbocycles. The molecular formula is C16H12ClFN4OS. The number of hydrogen-bond acceptors (Lipinski definition) is 5. The van der Waals surface area contributed by atoms with Gasteiger partial charge in [0.25, 0.3) is 5.91 Å². The normalized spacial score (nSPS) is 10.6. The van der Waals surface area contributed by atoms with E-state index in [0.717, 1.165) is 10.6 Å². The number of aromatic nitrogens is 3. The van der Waals surface area contributed by atoms with Crippen LogP contribution in [-0.4, -0.2) is 21.1 Å². The van der Waals surface area contributed by atoms with Crippen molar-refractivity contribution in [3.63, 3.8) is 0 Å². The highest BCUT2D eigenvalue weighted by molar-refractivity contribution is 7.16. The van der Waals surface area contributed by atoms with Crippen LogP contribution in [0.4, 0.5) is 9.39 Å². The minimum absolute atomic E-state index is 0.226. The Balaban J connectivity index is 1.76. The van der Waals surface area contributed by atoms with E-state index in [9.17, 15) is 9.18 Å². The second-order valence-electron chi connectivity index (χ2n) is 5.04. The number of thiazole rings is 1. The SMILES string of the molecule is Cc1nc(Cc2cc(F)cc(Cl)c2)sc1NC(=O)c1cccnn1. The first kappa shape index (κ1) is 16.5. The number of hydrogen-bond donors (Lipinski definition) is 1. The monoisotopic (exact) mass is 362 g/mol. The molecule has 0 saturated heterocycles. The van der Waals surface area contributed by atoms with Crippen LogP contribution in [0, 0.1) is 12.7 Å². The third kappa shape index (κ3) is 3.93. The second-order valence-corrected chi connectivity index (χ2v) is 6.56. The molecule has 24 heavy (non-hydrogen) atoms. The molecule has 0 radical (unpaired) electrons. The molecule has 0 fully saturated rings. The Morgan fingerprint density at radius 3 is 2.92 bits per heavy atom. The molecule has 0 atom stereocenters. The van der Waals surface area contributed by atoms with E-state index in [-0.39, 0.29) is 17.4 Å². The zero-order chi connectivity index (χ0) is 17.1. The first-order valence-electron chi connectivity index (χ1n) is 7.01. The maximum atomic E-state index is 13.4. The molecule has 1 aromatic carbocycles. The molecule has 0 aliphatic heterocycles. The molecule has 0 bridgehead atoms. The molecule has 2 aromatic heterocycles. The van der Waals surface area contributed by atoms with Crippen LogP contribution < -0.4 is 5.32 Å². The Hall–Kier alpha value is -2.38. The van der Waals surface area contributed by atoms with E-state index >= 15 is 0 Å². The average Bonchev–Trinajstić information content (AvgIpc) is 2.86. The summed E-state index contributed by atoms with van der Waals surface area (Å²) in [6.07, 6.45) is 1.93. The maximum absolute atomic E-state index is 13.4. The molecule has 3 aromatic rings. The van der Waals surface area contributed by atoms with Gasteiger partial charge in [0.15, 0.2) is 5.69 Å². The van der Waals surface area contributed by atoms with Crippen molar-refractivity contribution in [2.45, 2.75) is 13.3 Å². The van der Waals surface area contributed by atoms with Gasteiger partial charge < -0.3 is 5.32 Å². The van der Waals surface area contributed by atoms with Gasteiger partial charge in [-0.1, -0.05) is 11.6 Å². The van der Waals surface area contributed by atoms with Gasteiger partial charge in [-0.05, 0) is 42.8 Å². The number of anilines is 1. The number of nitrogens with one attached hydrogen (secondary N) is 1. The van der Waals surface area contributed by atoms with E-state index in [0.29, 0.717) is 22.1 Å². The van der Waals surface area contributed by atoms with Crippen LogP contribution in [0.2, 0.25) is 5.02 Å². The summed E-state index contributed by atoms with van der Waals surface area (Å²) < 4.78 is 13.4. The minimum atomic E-state index is -0.387. The van der Waals surface area contributed by atoms with Crippen molar-refractivity contribution in [3.05, 3.63) is 69.3 Å². The van der Waals surface area contributed by atoms with Crippen LogP contribution in [-0.2, 0) is 6.42 Å². The molecule has 0 unspecified atom stereocenters. The van der Waals surface area contributed by atoms with Gasteiger partial charge in [0.2, 0.25) is 0 Å². The number of benzene rings is 1. The Bertz CT molecular complexity index is 865.